The molecule has 1 aromatic heterocycles. The molecule has 0 radical (unpaired) electrons. The number of nitrogens with one attached hydrogen (secondary N) is 1. The average Bonchev–Trinajstić information content (AvgIpc) is 3.10. The molecule has 7 nitrogen and oxygen atoms in total. The second-order valence-electron chi connectivity index (χ2n) is 5.30. The number of para-hydroxylation sites is 1. The lowest BCUT2D eigenvalue weighted by Crippen LogP contribution is -2.19. The van der Waals surface area contributed by atoms with Gasteiger partial charge >= 0.3 is 0 Å². The summed E-state index contributed by atoms with van der Waals surface area (Å²) in [6.45, 7) is 0. The van der Waals surface area contributed by atoms with Gasteiger partial charge in [0.2, 0.25) is 0 Å². The molecule has 0 saturated carbocycles. The van der Waals surface area contributed by atoms with Crippen molar-refractivity contribution in [2.24, 2.45) is 5.10 Å². The second-order valence-corrected chi connectivity index (χ2v) is 7.55. The Morgan fingerprint density at radius 1 is 1.33 bits per heavy atom. The van der Waals surface area contributed by atoms with Crippen LogP contribution in [0.5, 0.6) is 17.2 Å². The van der Waals surface area contributed by atoms with Crippen LogP contribution < -0.4 is 14.9 Å². The zero-order chi connectivity index (χ0) is 19.2. The van der Waals surface area contributed by atoms with Crippen LogP contribution in [-0.2, 0) is 4.79 Å². The van der Waals surface area contributed by atoms with Crippen LogP contribution in [0.2, 0.25) is 0 Å². The molecule has 0 aliphatic rings. The van der Waals surface area contributed by atoms with Crippen molar-refractivity contribution in [3.8, 4) is 17.2 Å². The molecule has 2 N–H and O–H groups in total. The predicted molar refractivity (Wildman–Crippen MR) is 107 cm³/mol. The number of phenolic OH excluding ortho intramolecular Hbond substituents is 1. The van der Waals surface area contributed by atoms with E-state index in [1.807, 2.05) is 24.3 Å². The molecule has 1 heterocycles. The molecule has 0 fully saturated rings. The third-order valence-electron chi connectivity index (χ3n) is 3.53. The highest BCUT2D eigenvalue weighted by atomic mass is 32.2. The van der Waals surface area contributed by atoms with Crippen LogP contribution >= 0.6 is 23.1 Å². The van der Waals surface area contributed by atoms with E-state index in [-0.39, 0.29) is 23.2 Å². The summed E-state index contributed by atoms with van der Waals surface area (Å²) >= 11 is 2.89. The van der Waals surface area contributed by atoms with E-state index in [2.05, 4.69) is 15.5 Å². The van der Waals surface area contributed by atoms with Gasteiger partial charge in [-0.2, -0.15) is 5.10 Å². The molecule has 9 heteroatoms. The van der Waals surface area contributed by atoms with E-state index in [1.165, 1.54) is 32.2 Å². The van der Waals surface area contributed by atoms with E-state index in [0.29, 0.717) is 11.3 Å². The van der Waals surface area contributed by atoms with Crippen LogP contribution in [0.15, 0.2) is 45.8 Å². The number of phenols is 1. The van der Waals surface area contributed by atoms with Crippen molar-refractivity contribution in [3.63, 3.8) is 0 Å². The van der Waals surface area contributed by atoms with Crippen molar-refractivity contribution >= 4 is 45.4 Å². The summed E-state index contributed by atoms with van der Waals surface area (Å²) in [4.78, 5) is 16.4. The minimum atomic E-state index is -0.273. The van der Waals surface area contributed by atoms with E-state index >= 15 is 0 Å². The van der Waals surface area contributed by atoms with Gasteiger partial charge in [-0.05, 0) is 18.2 Å². The Morgan fingerprint density at radius 2 is 2.15 bits per heavy atom. The predicted octanol–water partition coefficient (Wildman–Crippen LogP) is 3.26. The SMILES string of the molecule is COc1cc(/C=N/NC(=O)CSc2nc3ccccc3s2)c(O)c(OC)c1. The lowest BCUT2D eigenvalue weighted by Gasteiger charge is -2.08. The van der Waals surface area contributed by atoms with Gasteiger partial charge in [0.25, 0.3) is 5.91 Å². The van der Waals surface area contributed by atoms with Gasteiger partial charge in [0, 0.05) is 11.6 Å². The highest BCUT2D eigenvalue weighted by Gasteiger charge is 2.10. The number of ether oxygens (including phenoxy) is 2. The van der Waals surface area contributed by atoms with Crippen molar-refractivity contribution in [2.45, 2.75) is 4.34 Å². The number of thiazole rings is 1. The Balaban J connectivity index is 1.58. The molecule has 27 heavy (non-hydrogen) atoms. The summed E-state index contributed by atoms with van der Waals surface area (Å²) < 4.78 is 12.1. The lowest BCUT2D eigenvalue weighted by atomic mass is 10.2. The van der Waals surface area contributed by atoms with E-state index in [1.54, 1.807) is 23.5 Å². The molecular formula is C18H17N3O4S2. The number of fused-ring (bicyclic) bond motifs is 1. The van der Waals surface area contributed by atoms with Crippen LogP contribution in [0.25, 0.3) is 10.2 Å². The monoisotopic (exact) mass is 403 g/mol. The second kappa shape index (κ2) is 8.74. The molecule has 0 bridgehead atoms. The molecule has 0 saturated heterocycles. The van der Waals surface area contributed by atoms with Gasteiger partial charge in [-0.25, -0.2) is 10.4 Å². The molecule has 3 rings (SSSR count). The van der Waals surface area contributed by atoms with Crippen molar-refractivity contribution in [1.82, 2.24) is 10.4 Å². The summed E-state index contributed by atoms with van der Waals surface area (Å²) in [6, 6.07) is 11.0. The van der Waals surface area contributed by atoms with Gasteiger partial charge in [0.05, 0.1) is 36.4 Å². The molecule has 0 unspecified atom stereocenters. The summed E-state index contributed by atoms with van der Waals surface area (Å²) in [5.74, 6) is 0.590. The van der Waals surface area contributed by atoms with Gasteiger partial charge in [-0.1, -0.05) is 23.9 Å². The molecular weight excluding hydrogens is 386 g/mol. The molecule has 0 aliphatic carbocycles. The minimum Gasteiger partial charge on any atom is -0.504 e. The highest BCUT2D eigenvalue weighted by molar-refractivity contribution is 8.01. The van der Waals surface area contributed by atoms with Gasteiger partial charge < -0.3 is 14.6 Å². The molecule has 3 aromatic rings. The Bertz CT molecular complexity index is 955. The third kappa shape index (κ3) is 4.69. The smallest absolute Gasteiger partial charge is 0.250 e. The number of hydrogen-bond donors (Lipinski definition) is 2. The first-order valence-electron chi connectivity index (χ1n) is 7.86. The van der Waals surface area contributed by atoms with Crippen LogP contribution in [0.1, 0.15) is 5.56 Å². The maximum absolute atomic E-state index is 12.0. The van der Waals surface area contributed by atoms with Crippen LogP contribution in [0, 0.1) is 0 Å². The number of rotatable bonds is 7. The number of nitrogens with zero attached hydrogens (tertiary/aromatic N) is 2. The van der Waals surface area contributed by atoms with E-state index in [4.69, 9.17) is 9.47 Å². The van der Waals surface area contributed by atoms with Crippen molar-refractivity contribution in [2.75, 3.05) is 20.0 Å². The first kappa shape index (κ1) is 19.0. The lowest BCUT2D eigenvalue weighted by molar-refractivity contribution is -0.118. The fourth-order valence-corrected chi connectivity index (χ4v) is 4.08. The highest BCUT2D eigenvalue weighted by Crippen LogP contribution is 2.33. The Kier molecular flexibility index (Phi) is 6.15. The molecule has 0 spiro atoms. The van der Waals surface area contributed by atoms with Gasteiger partial charge in [0.15, 0.2) is 15.8 Å². The van der Waals surface area contributed by atoms with Crippen molar-refractivity contribution in [3.05, 3.63) is 42.0 Å². The first-order chi connectivity index (χ1) is 13.1. The summed E-state index contributed by atoms with van der Waals surface area (Å²) in [6.07, 6.45) is 1.33. The number of methoxy groups -OCH3 is 2. The molecule has 0 atom stereocenters. The Hall–Kier alpha value is -2.78. The fraction of sp³-hybridized carbons (Fsp3) is 0.167. The minimum absolute atomic E-state index is 0.0832. The quantitative estimate of drug-likeness (QED) is 0.357. The van der Waals surface area contributed by atoms with Crippen molar-refractivity contribution < 1.29 is 19.4 Å². The number of thioether (sulfide) groups is 1. The Morgan fingerprint density at radius 3 is 2.89 bits per heavy atom. The van der Waals surface area contributed by atoms with Crippen LogP contribution in [-0.4, -0.2) is 42.2 Å². The molecule has 0 aliphatic heterocycles. The first-order valence-corrected chi connectivity index (χ1v) is 9.66. The summed E-state index contributed by atoms with van der Waals surface area (Å²) in [5.41, 5.74) is 3.72. The molecule has 140 valence electrons. The number of carbonyl (C=O) groups excluding carboxylic acids is 1. The van der Waals surface area contributed by atoms with E-state index in [9.17, 15) is 9.90 Å². The fourth-order valence-electron chi connectivity index (χ4n) is 2.22. The largest absolute Gasteiger partial charge is 0.504 e. The van der Waals surface area contributed by atoms with E-state index in [0.717, 1.165) is 14.6 Å². The topological polar surface area (TPSA) is 93.0 Å². The van der Waals surface area contributed by atoms with Gasteiger partial charge in [-0.15, -0.1) is 11.3 Å². The standard InChI is InChI=1S/C18H17N3O4S2/c1-24-12-7-11(17(23)14(8-12)25-2)9-19-21-16(22)10-26-18-20-13-5-3-4-6-15(13)27-18/h3-9,23H,10H2,1-2H3,(H,21,22)/b19-9+. The maximum Gasteiger partial charge on any atom is 0.250 e. The normalized spacial score (nSPS) is 11.0. The van der Waals surface area contributed by atoms with Gasteiger partial charge in [0.1, 0.15) is 5.75 Å². The number of aromatic nitrogens is 1. The van der Waals surface area contributed by atoms with Crippen LogP contribution in [0.3, 0.4) is 0 Å². The number of hydrazone groups is 1. The number of aromatic hydroxyl groups is 1. The molecule has 1 amide bonds. The zero-order valence-electron chi connectivity index (χ0n) is 14.6. The average molecular weight is 403 g/mol. The van der Waals surface area contributed by atoms with E-state index < -0.39 is 0 Å². The van der Waals surface area contributed by atoms with Crippen molar-refractivity contribution in [1.29, 1.82) is 0 Å². The number of hydrogen-bond acceptors (Lipinski definition) is 8. The Labute approximate surface area is 164 Å². The molecule has 2 aromatic carbocycles. The number of carbonyl (C=O) groups is 1. The van der Waals surface area contributed by atoms with Gasteiger partial charge in [-0.3, -0.25) is 4.79 Å². The van der Waals surface area contributed by atoms with Crippen LogP contribution in [0.4, 0.5) is 0 Å². The third-order valence-corrected chi connectivity index (χ3v) is 5.71. The summed E-state index contributed by atoms with van der Waals surface area (Å²) in [7, 11) is 2.95. The number of benzene rings is 2. The zero-order valence-corrected chi connectivity index (χ0v) is 16.3. The number of amides is 1. The summed E-state index contributed by atoms with van der Waals surface area (Å²) in [5, 5.41) is 14.0. The maximum atomic E-state index is 12.0.